The van der Waals surface area contributed by atoms with Crippen LogP contribution in [0.5, 0.6) is 0 Å². The van der Waals surface area contributed by atoms with Crippen LogP contribution in [0, 0.1) is 0 Å². The lowest BCUT2D eigenvalue weighted by atomic mass is 10.0. The van der Waals surface area contributed by atoms with Gasteiger partial charge in [-0.15, -0.1) is 0 Å². The maximum Gasteiger partial charge on any atom is 0.243 e. The molecule has 0 aromatic carbocycles. The number of aliphatic imine (C=N–C) groups is 3. The van der Waals surface area contributed by atoms with E-state index in [2.05, 4.69) is 78.8 Å². The molecule has 12 amide bonds. The summed E-state index contributed by atoms with van der Waals surface area (Å²) >= 11 is 0. The Labute approximate surface area is 707 Å². The van der Waals surface area contributed by atoms with Crippen molar-refractivity contribution in [3.63, 3.8) is 0 Å². The smallest absolute Gasteiger partial charge is 0.243 e. The Morgan fingerprint density at radius 2 is 0.617 bits per heavy atom. The zero-order valence-electron chi connectivity index (χ0n) is 71.5. The number of unbranched alkanes of at least 4 members (excludes halogenated alkanes) is 6. The Hall–Kier alpha value is -8.91. The first-order valence-corrected chi connectivity index (χ1v) is 43.7. The number of amides is 12. The van der Waals surface area contributed by atoms with Crippen molar-refractivity contribution in [3.05, 3.63) is 0 Å². The van der Waals surface area contributed by atoms with E-state index in [-0.39, 0.29) is 170 Å². The number of guanidine groups is 3. The average Bonchev–Trinajstić information content (AvgIpc) is 1.74. The molecule has 0 spiro atoms. The Bertz CT molecular complexity index is 2930. The molecule has 0 aromatic heterocycles. The largest absolute Gasteiger partial charge is 0.370 e. The van der Waals surface area contributed by atoms with Crippen LogP contribution in [0.3, 0.4) is 0 Å². The minimum Gasteiger partial charge on any atom is -0.370 e. The topological polar surface area (TPSA) is 708 Å². The molecule has 4 fully saturated rings. The van der Waals surface area contributed by atoms with E-state index in [1.807, 2.05) is 14.7 Å². The lowest BCUT2D eigenvalue weighted by Gasteiger charge is -2.28. The number of nitrogens with zero attached hydrogens (tertiary/aromatic N) is 6. The molecule has 684 valence electrons. The van der Waals surface area contributed by atoms with Gasteiger partial charge >= 0.3 is 0 Å². The van der Waals surface area contributed by atoms with Crippen molar-refractivity contribution in [2.75, 3.05) is 98.2 Å². The van der Waals surface area contributed by atoms with Crippen LogP contribution in [0.15, 0.2) is 15.0 Å². The van der Waals surface area contributed by atoms with Gasteiger partial charge in [0.2, 0.25) is 70.9 Å². The quantitative estimate of drug-likeness (QED) is 0.0153. The Kier molecular flexibility index (Phi) is 50.1. The second kappa shape index (κ2) is 58.2. The van der Waals surface area contributed by atoms with Crippen LogP contribution in [-0.2, 0) is 57.5 Å². The normalized spacial score (nSPS) is 22.6. The van der Waals surface area contributed by atoms with E-state index >= 15 is 0 Å². The van der Waals surface area contributed by atoms with Gasteiger partial charge < -0.3 is 133 Å². The molecule has 0 saturated carbocycles. The van der Waals surface area contributed by atoms with Gasteiger partial charge in [-0.3, -0.25) is 87.2 Å². The third-order valence-corrected chi connectivity index (χ3v) is 22.0. The first-order chi connectivity index (χ1) is 57.3. The molecule has 42 heteroatoms. The highest BCUT2D eigenvalue weighted by molar-refractivity contribution is 5.98. The van der Waals surface area contributed by atoms with E-state index in [4.69, 9.17) is 68.8 Å². The SMILES string of the molecule is C[C@H]1NC(=O)[C@H](CCCCNC(=O)[C@H](CCCN=C(N)N)NC(=O)[C@@H]2CCCN2CC(N)CCCCN)NC(=O)[C@@H](C)NC(=O)[C@H](CCCCNC(=O)[C@H](CCCN=C(N)N)NC(=O)[C@@H]2CCCN2CC(N)CCCCN)NC(=O)[C@@H](C)NC(=O)[C@H](CCCCNC(=O)[C@@H](CCCN=C(N)N)NC(=O)[C@H]2CCCN2CC(N)CCCCN)NC1=O. The lowest BCUT2D eigenvalue weighted by molar-refractivity contribution is -0.136. The van der Waals surface area contributed by atoms with Crippen LogP contribution in [0.2, 0.25) is 0 Å². The maximum atomic E-state index is 14.5. The molecule has 4 heterocycles. The fourth-order valence-electron chi connectivity index (χ4n) is 15.2. The van der Waals surface area contributed by atoms with Gasteiger partial charge in [-0.1, -0.05) is 19.3 Å². The van der Waals surface area contributed by atoms with E-state index in [9.17, 15) is 57.5 Å². The van der Waals surface area contributed by atoms with Gasteiger partial charge in [0, 0.05) is 77.0 Å². The number of likely N-dealkylation sites (tertiary alicyclic amines) is 3. The molecule has 36 N–H and O–H groups in total. The molecule has 120 heavy (non-hydrogen) atoms. The van der Waals surface area contributed by atoms with Gasteiger partial charge in [-0.25, -0.2) is 0 Å². The molecule has 42 nitrogen and oxygen atoms in total. The van der Waals surface area contributed by atoms with E-state index in [1.165, 1.54) is 20.8 Å². The van der Waals surface area contributed by atoms with Crippen LogP contribution in [-0.4, -0.2) is 292 Å². The Balaban J connectivity index is 1.57. The van der Waals surface area contributed by atoms with Gasteiger partial charge in [0.1, 0.15) is 54.4 Å². The number of rotatable bonds is 54. The van der Waals surface area contributed by atoms with Crippen molar-refractivity contribution >= 4 is 88.8 Å². The number of hydrogen-bond donors (Lipinski definition) is 24. The molecule has 4 saturated heterocycles. The van der Waals surface area contributed by atoms with E-state index < -0.39 is 126 Å². The fourth-order valence-corrected chi connectivity index (χ4v) is 15.2. The molecule has 0 bridgehead atoms. The zero-order chi connectivity index (χ0) is 88.5. The highest BCUT2D eigenvalue weighted by Crippen LogP contribution is 2.23. The summed E-state index contributed by atoms with van der Waals surface area (Å²) in [5, 5.41) is 33.6. The number of hydrogen-bond acceptors (Lipinski definition) is 24. The van der Waals surface area contributed by atoms with Crippen molar-refractivity contribution in [1.82, 2.24) is 78.5 Å². The molecule has 0 aromatic rings. The zero-order valence-corrected chi connectivity index (χ0v) is 71.5. The number of carbonyl (C=O) groups excluding carboxylic acids is 12. The third-order valence-electron chi connectivity index (χ3n) is 22.0. The molecule has 0 radical (unpaired) electrons. The minimum absolute atomic E-state index is 0.0625. The summed E-state index contributed by atoms with van der Waals surface area (Å²) in [6.07, 6.45) is 14.1. The molecule has 4 aliphatic heterocycles. The highest BCUT2D eigenvalue weighted by atomic mass is 16.2. The van der Waals surface area contributed by atoms with Crippen LogP contribution >= 0.6 is 0 Å². The van der Waals surface area contributed by atoms with E-state index in [0.29, 0.717) is 97.4 Å². The van der Waals surface area contributed by atoms with Crippen molar-refractivity contribution in [3.8, 4) is 0 Å². The summed E-state index contributed by atoms with van der Waals surface area (Å²) in [7, 11) is 0. The van der Waals surface area contributed by atoms with E-state index in [0.717, 1.165) is 77.0 Å². The first-order valence-electron chi connectivity index (χ1n) is 43.7. The third kappa shape index (κ3) is 40.6. The Morgan fingerprint density at radius 3 is 0.858 bits per heavy atom. The summed E-state index contributed by atoms with van der Waals surface area (Å²) in [4.78, 5) is 188. The molecule has 4 aliphatic rings. The number of carbonyl (C=O) groups is 12. The standard InChI is InChI=1S/C78H150N30O12/c1-49-64(109)100-59(26-8-14-38-92-68(113)56(29-17-41-95-77(87)88)104-74(119)62-32-20-44-107(62)47-53(83)23-5-11-35-80)71(116)98-51(3)66(111)102-60(27-9-15-39-93-69(114)57(30-18-42-96-78(89)90)105-75(120)63-33-21-45-108(63)48-54(84)24-6-12-36-81)72(117)99-50(2)65(110)101-58(70(115)97-49)25-7-13-37-91-67(112)55(28-16-40-94-76(85)86)103-73(118)61-31-19-43-106(61)46-52(82)22-4-10-34-79/h49-63H,4-48,79-84H2,1-3H3,(H,91,112)(H,92,113)(H,93,114)(H,97,115)(H,98,116)(H,99,117)(H,100,109)(H,101,110)(H,102,111)(H,103,118)(H,104,119)(H,105,120)(H4,85,86,94)(H4,87,88,95)(H4,89,90,96)/t49-,50-,51-,52?,53?,54?,55-,56+,57+,58+,59+,60+,61-,62+,63+/m1/s1. The highest BCUT2D eigenvalue weighted by Gasteiger charge is 2.39. The molecular formula is C78H150N30O12. The van der Waals surface area contributed by atoms with Crippen LogP contribution in [0.1, 0.15) is 213 Å². The summed E-state index contributed by atoms with van der Waals surface area (Å²) in [5.74, 6) is -7.68. The molecule has 15 atom stereocenters. The molecular weight excluding hydrogens is 1550 g/mol. The van der Waals surface area contributed by atoms with Gasteiger partial charge in [0.15, 0.2) is 17.9 Å². The van der Waals surface area contributed by atoms with E-state index in [1.54, 1.807) is 0 Å². The van der Waals surface area contributed by atoms with Crippen LogP contribution < -0.4 is 133 Å². The second-order valence-electron chi connectivity index (χ2n) is 32.4. The van der Waals surface area contributed by atoms with Crippen molar-refractivity contribution < 1.29 is 57.5 Å². The van der Waals surface area contributed by atoms with Gasteiger partial charge in [0.25, 0.3) is 0 Å². The summed E-state index contributed by atoms with van der Waals surface area (Å²) in [6.45, 7) is 10.1. The summed E-state index contributed by atoms with van der Waals surface area (Å²) < 4.78 is 0. The fraction of sp³-hybridized carbons (Fsp3) is 0.808. The van der Waals surface area contributed by atoms with Crippen LogP contribution in [0.25, 0.3) is 0 Å². The van der Waals surface area contributed by atoms with Crippen molar-refractivity contribution in [2.45, 2.75) is 304 Å². The second-order valence-corrected chi connectivity index (χ2v) is 32.4. The first kappa shape index (κ1) is 103. The molecule has 3 unspecified atom stereocenters. The van der Waals surface area contributed by atoms with Gasteiger partial charge in [-0.2, -0.15) is 0 Å². The Morgan fingerprint density at radius 1 is 0.358 bits per heavy atom. The average molecular weight is 1700 g/mol. The van der Waals surface area contributed by atoms with Crippen LogP contribution in [0.4, 0.5) is 0 Å². The summed E-state index contributed by atoms with van der Waals surface area (Å²) in [5.41, 5.74) is 70.0. The minimum atomic E-state index is -1.36. The molecule has 0 aliphatic carbocycles. The maximum absolute atomic E-state index is 14.5. The lowest BCUT2D eigenvalue weighted by Crippen LogP contribution is -2.60. The predicted octanol–water partition coefficient (Wildman–Crippen LogP) is -6.79. The van der Waals surface area contributed by atoms with Gasteiger partial charge in [0.05, 0.1) is 18.1 Å². The monoisotopic (exact) mass is 1700 g/mol. The summed E-state index contributed by atoms with van der Waals surface area (Å²) in [6, 6.07) is -13.1. The molecule has 4 rings (SSSR count). The van der Waals surface area contributed by atoms with Crippen molar-refractivity contribution in [1.29, 1.82) is 0 Å². The number of nitrogens with one attached hydrogen (secondary N) is 12. The number of nitrogens with two attached hydrogens (primary N) is 12. The van der Waals surface area contributed by atoms with Gasteiger partial charge in [-0.05, 0) is 233 Å². The van der Waals surface area contributed by atoms with Crippen molar-refractivity contribution in [2.24, 2.45) is 83.8 Å². The predicted molar refractivity (Wildman–Crippen MR) is 461 cm³/mol.